The van der Waals surface area contributed by atoms with Gasteiger partial charge in [0.15, 0.2) is 5.03 Å². The Hall–Kier alpha value is -0.920. The molecule has 0 bridgehead atoms. The van der Waals surface area contributed by atoms with E-state index in [9.17, 15) is 8.42 Å². The Kier molecular flexibility index (Phi) is 5.17. The summed E-state index contributed by atoms with van der Waals surface area (Å²) >= 11 is 0. The lowest BCUT2D eigenvalue weighted by Crippen LogP contribution is -2.43. The SMILES string of the molecule is CCNCc1cn[nH]c1S(=O)(=O)N1CCCCC1CC. The van der Waals surface area contributed by atoms with Gasteiger partial charge in [-0.3, -0.25) is 5.10 Å². The molecule has 0 saturated carbocycles. The first-order valence-electron chi connectivity index (χ1n) is 7.36. The zero-order chi connectivity index (χ0) is 14.6. The number of sulfonamides is 1. The molecule has 0 amide bonds. The molecule has 114 valence electrons. The highest BCUT2D eigenvalue weighted by Gasteiger charge is 2.34. The van der Waals surface area contributed by atoms with E-state index in [1.165, 1.54) is 0 Å². The topological polar surface area (TPSA) is 78.1 Å². The summed E-state index contributed by atoms with van der Waals surface area (Å²) in [7, 11) is -3.47. The lowest BCUT2D eigenvalue weighted by molar-refractivity contribution is 0.246. The van der Waals surface area contributed by atoms with E-state index in [2.05, 4.69) is 15.5 Å². The summed E-state index contributed by atoms with van der Waals surface area (Å²) in [6, 6.07) is 0.115. The van der Waals surface area contributed by atoms with Crippen molar-refractivity contribution in [3.8, 4) is 0 Å². The molecule has 0 spiro atoms. The number of nitrogens with zero attached hydrogens (tertiary/aromatic N) is 2. The Morgan fingerprint density at radius 2 is 2.25 bits per heavy atom. The Balaban J connectivity index is 2.27. The number of nitrogens with one attached hydrogen (secondary N) is 2. The maximum absolute atomic E-state index is 12.8. The summed E-state index contributed by atoms with van der Waals surface area (Å²) < 4.78 is 27.3. The molecule has 1 aliphatic rings. The summed E-state index contributed by atoms with van der Waals surface area (Å²) in [5.41, 5.74) is 0.715. The van der Waals surface area contributed by atoms with Crippen molar-refractivity contribution in [2.75, 3.05) is 13.1 Å². The van der Waals surface area contributed by atoms with Crippen LogP contribution in [0.3, 0.4) is 0 Å². The largest absolute Gasteiger partial charge is 0.313 e. The zero-order valence-electron chi connectivity index (χ0n) is 12.2. The second-order valence-electron chi connectivity index (χ2n) is 5.18. The zero-order valence-corrected chi connectivity index (χ0v) is 13.0. The van der Waals surface area contributed by atoms with Crippen molar-refractivity contribution in [1.29, 1.82) is 0 Å². The van der Waals surface area contributed by atoms with Crippen molar-refractivity contribution < 1.29 is 8.42 Å². The third-order valence-electron chi connectivity index (χ3n) is 3.85. The van der Waals surface area contributed by atoms with E-state index in [1.807, 2.05) is 13.8 Å². The molecule has 2 rings (SSSR count). The number of H-pyrrole nitrogens is 1. The third kappa shape index (κ3) is 3.05. The van der Waals surface area contributed by atoms with Crippen LogP contribution in [0.2, 0.25) is 0 Å². The molecule has 6 nitrogen and oxygen atoms in total. The third-order valence-corrected chi connectivity index (χ3v) is 5.82. The van der Waals surface area contributed by atoms with E-state index >= 15 is 0 Å². The lowest BCUT2D eigenvalue weighted by atomic mass is 10.0. The van der Waals surface area contributed by atoms with Crippen molar-refractivity contribution >= 4 is 10.0 Å². The first kappa shape index (κ1) is 15.5. The van der Waals surface area contributed by atoms with Gasteiger partial charge in [0.05, 0.1) is 6.20 Å². The normalized spacial score (nSPS) is 21.2. The van der Waals surface area contributed by atoms with E-state index in [1.54, 1.807) is 10.5 Å². The van der Waals surface area contributed by atoms with Gasteiger partial charge in [-0.25, -0.2) is 8.42 Å². The van der Waals surface area contributed by atoms with Gasteiger partial charge in [0.2, 0.25) is 0 Å². The van der Waals surface area contributed by atoms with Gasteiger partial charge in [0.25, 0.3) is 10.0 Å². The van der Waals surface area contributed by atoms with E-state index < -0.39 is 10.0 Å². The minimum Gasteiger partial charge on any atom is -0.313 e. The number of aromatic amines is 1. The van der Waals surface area contributed by atoms with Crippen LogP contribution in [0.5, 0.6) is 0 Å². The molecule has 2 N–H and O–H groups in total. The molecular formula is C13H24N4O2S. The summed E-state index contributed by atoms with van der Waals surface area (Å²) in [4.78, 5) is 0. The molecule has 2 heterocycles. The Labute approximate surface area is 121 Å². The number of hydrogen-bond donors (Lipinski definition) is 2. The molecule has 20 heavy (non-hydrogen) atoms. The van der Waals surface area contributed by atoms with E-state index in [0.29, 0.717) is 18.7 Å². The van der Waals surface area contributed by atoms with Gasteiger partial charge >= 0.3 is 0 Å². The summed E-state index contributed by atoms with van der Waals surface area (Å²) in [5.74, 6) is 0. The summed E-state index contributed by atoms with van der Waals surface area (Å²) in [6.07, 6.45) is 5.45. The minimum absolute atomic E-state index is 0.115. The Morgan fingerprint density at radius 3 is 2.95 bits per heavy atom. The molecule has 1 atom stereocenters. The van der Waals surface area contributed by atoms with Gasteiger partial charge in [0, 0.05) is 24.7 Å². The van der Waals surface area contributed by atoms with Crippen LogP contribution in [-0.4, -0.2) is 42.1 Å². The van der Waals surface area contributed by atoms with Gasteiger partial charge < -0.3 is 5.32 Å². The fourth-order valence-electron chi connectivity index (χ4n) is 2.72. The number of rotatable bonds is 6. The monoisotopic (exact) mass is 300 g/mol. The maximum Gasteiger partial charge on any atom is 0.260 e. The molecule has 1 aromatic heterocycles. The molecule has 0 radical (unpaired) electrons. The molecule has 7 heteroatoms. The van der Waals surface area contributed by atoms with Crippen LogP contribution < -0.4 is 5.32 Å². The average Bonchev–Trinajstić information content (AvgIpc) is 2.94. The van der Waals surface area contributed by atoms with E-state index in [-0.39, 0.29) is 11.1 Å². The summed E-state index contributed by atoms with van der Waals surface area (Å²) in [6.45, 7) is 5.97. The number of aromatic nitrogens is 2. The van der Waals surface area contributed by atoms with Crippen LogP contribution in [0.1, 0.15) is 45.1 Å². The highest BCUT2D eigenvalue weighted by atomic mass is 32.2. The first-order chi connectivity index (χ1) is 9.61. The molecule has 1 saturated heterocycles. The average molecular weight is 300 g/mol. The lowest BCUT2D eigenvalue weighted by Gasteiger charge is -2.33. The van der Waals surface area contributed by atoms with Gasteiger partial charge in [-0.15, -0.1) is 0 Å². The second-order valence-corrected chi connectivity index (χ2v) is 7.01. The van der Waals surface area contributed by atoms with Gasteiger partial charge in [-0.05, 0) is 25.8 Å². The van der Waals surface area contributed by atoms with Crippen LogP contribution in [0.4, 0.5) is 0 Å². The Bertz CT molecular complexity index is 526. The van der Waals surface area contributed by atoms with Crippen molar-refractivity contribution in [1.82, 2.24) is 19.8 Å². The maximum atomic E-state index is 12.8. The van der Waals surface area contributed by atoms with Crippen molar-refractivity contribution in [3.05, 3.63) is 11.8 Å². The molecular weight excluding hydrogens is 276 g/mol. The molecule has 0 aromatic carbocycles. The van der Waals surface area contributed by atoms with Crippen molar-refractivity contribution in [3.63, 3.8) is 0 Å². The highest BCUT2D eigenvalue weighted by molar-refractivity contribution is 7.89. The Morgan fingerprint density at radius 1 is 1.45 bits per heavy atom. The standard InChI is InChI=1S/C13H24N4O2S/c1-3-12-7-5-6-8-17(12)20(18,19)13-11(9-14-4-2)10-15-16-13/h10,12,14H,3-9H2,1-2H3,(H,15,16). The smallest absolute Gasteiger partial charge is 0.260 e. The van der Waals surface area contributed by atoms with Crippen molar-refractivity contribution in [2.45, 2.75) is 57.1 Å². The molecule has 1 aliphatic heterocycles. The van der Waals surface area contributed by atoms with Crippen LogP contribution in [0, 0.1) is 0 Å². The van der Waals surface area contributed by atoms with Crippen LogP contribution >= 0.6 is 0 Å². The molecule has 1 aromatic rings. The van der Waals surface area contributed by atoms with Gasteiger partial charge in [-0.1, -0.05) is 20.3 Å². The fourth-order valence-corrected chi connectivity index (χ4v) is 4.60. The van der Waals surface area contributed by atoms with E-state index in [0.717, 1.165) is 32.2 Å². The first-order valence-corrected chi connectivity index (χ1v) is 8.80. The molecule has 1 fully saturated rings. The predicted octanol–water partition coefficient (Wildman–Crippen LogP) is 1.47. The summed E-state index contributed by atoms with van der Waals surface area (Å²) in [5, 5.41) is 9.99. The quantitative estimate of drug-likeness (QED) is 0.834. The minimum atomic E-state index is -3.47. The second kappa shape index (κ2) is 6.69. The van der Waals surface area contributed by atoms with Crippen LogP contribution in [0.25, 0.3) is 0 Å². The fraction of sp³-hybridized carbons (Fsp3) is 0.769. The van der Waals surface area contributed by atoms with E-state index in [4.69, 9.17) is 0 Å². The van der Waals surface area contributed by atoms with Gasteiger partial charge in [-0.2, -0.15) is 9.40 Å². The van der Waals surface area contributed by atoms with Crippen molar-refractivity contribution in [2.24, 2.45) is 0 Å². The van der Waals surface area contributed by atoms with Gasteiger partial charge in [0.1, 0.15) is 0 Å². The van der Waals surface area contributed by atoms with Crippen LogP contribution in [-0.2, 0) is 16.6 Å². The number of piperidine rings is 1. The number of hydrogen-bond acceptors (Lipinski definition) is 4. The molecule has 1 unspecified atom stereocenters. The molecule has 0 aliphatic carbocycles. The predicted molar refractivity (Wildman–Crippen MR) is 77.8 cm³/mol. The highest BCUT2D eigenvalue weighted by Crippen LogP contribution is 2.27. The van der Waals surface area contributed by atoms with Crippen LogP contribution in [0.15, 0.2) is 11.2 Å².